The van der Waals surface area contributed by atoms with Gasteiger partial charge in [0.2, 0.25) is 5.95 Å². The van der Waals surface area contributed by atoms with Gasteiger partial charge in [-0.1, -0.05) is 0 Å². The monoisotopic (exact) mass is 164 g/mol. The Kier molecular flexibility index (Phi) is 1.33. The third-order valence-electron chi connectivity index (χ3n) is 1.44. The lowest BCUT2D eigenvalue weighted by atomic mass is 10.6. The molecule has 0 atom stereocenters. The molecule has 0 amide bonds. The number of nitrogens with two attached hydrogens (primary N) is 1. The minimum absolute atomic E-state index is 0.251. The predicted octanol–water partition coefficient (Wildman–Crippen LogP) is -0.417. The van der Waals surface area contributed by atoms with Gasteiger partial charge in [0, 0.05) is 19.3 Å². The van der Waals surface area contributed by atoms with Gasteiger partial charge in [-0.2, -0.15) is 9.78 Å². The summed E-state index contributed by atoms with van der Waals surface area (Å²) in [4.78, 5) is 3.78. The van der Waals surface area contributed by atoms with Crippen molar-refractivity contribution in [2.75, 3.05) is 5.73 Å². The topological polar surface area (TPSA) is 74.5 Å². The molecule has 0 bridgehead atoms. The molecule has 0 aliphatic rings. The Hall–Kier alpha value is -1.85. The predicted molar refractivity (Wildman–Crippen MR) is 42.5 cm³/mol. The second-order valence-corrected chi connectivity index (χ2v) is 2.39. The molecule has 0 aliphatic heterocycles. The lowest BCUT2D eigenvalue weighted by Gasteiger charge is -1.90. The third kappa shape index (κ3) is 1.03. The van der Waals surface area contributed by atoms with E-state index in [2.05, 4.69) is 15.2 Å². The van der Waals surface area contributed by atoms with E-state index in [0.29, 0.717) is 5.82 Å². The van der Waals surface area contributed by atoms with Gasteiger partial charge in [0.15, 0.2) is 5.82 Å². The highest BCUT2D eigenvalue weighted by molar-refractivity contribution is 5.20. The van der Waals surface area contributed by atoms with Crippen molar-refractivity contribution in [3.8, 4) is 5.82 Å². The van der Waals surface area contributed by atoms with Gasteiger partial charge >= 0.3 is 0 Å². The van der Waals surface area contributed by atoms with Gasteiger partial charge in [-0.3, -0.25) is 4.68 Å². The van der Waals surface area contributed by atoms with Gasteiger partial charge < -0.3 is 5.73 Å². The Balaban J connectivity index is 2.43. The maximum atomic E-state index is 5.35. The number of hydrogen-bond donors (Lipinski definition) is 1. The van der Waals surface area contributed by atoms with E-state index in [1.807, 2.05) is 19.3 Å². The van der Waals surface area contributed by atoms with Gasteiger partial charge in [-0.05, 0) is 0 Å². The third-order valence-corrected chi connectivity index (χ3v) is 1.44. The van der Waals surface area contributed by atoms with Crippen LogP contribution in [-0.4, -0.2) is 24.5 Å². The molecule has 0 saturated heterocycles. The SMILES string of the molecule is Cn1ccc(-n2cnc(N)n2)n1. The average molecular weight is 164 g/mol. The molecule has 2 heterocycles. The molecule has 0 aliphatic carbocycles. The van der Waals surface area contributed by atoms with Crippen molar-refractivity contribution in [3.63, 3.8) is 0 Å². The van der Waals surface area contributed by atoms with E-state index in [0.717, 1.165) is 0 Å². The Labute approximate surface area is 68.6 Å². The Morgan fingerprint density at radius 3 is 2.75 bits per heavy atom. The van der Waals surface area contributed by atoms with Crippen LogP contribution < -0.4 is 5.73 Å². The van der Waals surface area contributed by atoms with Crippen LogP contribution in [0.2, 0.25) is 0 Å². The van der Waals surface area contributed by atoms with Crippen molar-refractivity contribution in [3.05, 3.63) is 18.6 Å². The molecule has 6 heteroatoms. The van der Waals surface area contributed by atoms with E-state index in [1.54, 1.807) is 4.68 Å². The molecule has 6 nitrogen and oxygen atoms in total. The smallest absolute Gasteiger partial charge is 0.239 e. The van der Waals surface area contributed by atoms with Crippen molar-refractivity contribution in [2.45, 2.75) is 0 Å². The van der Waals surface area contributed by atoms with E-state index in [1.165, 1.54) is 11.0 Å². The number of hydrogen-bond acceptors (Lipinski definition) is 4. The van der Waals surface area contributed by atoms with Crippen molar-refractivity contribution in [1.82, 2.24) is 24.5 Å². The zero-order valence-electron chi connectivity index (χ0n) is 6.55. The van der Waals surface area contributed by atoms with Gasteiger partial charge in [0.05, 0.1) is 0 Å². The van der Waals surface area contributed by atoms with Crippen LogP contribution in [0.15, 0.2) is 18.6 Å². The van der Waals surface area contributed by atoms with Crippen LogP contribution in [-0.2, 0) is 7.05 Å². The van der Waals surface area contributed by atoms with Crippen LogP contribution in [0, 0.1) is 0 Å². The van der Waals surface area contributed by atoms with Crippen LogP contribution in [0.4, 0.5) is 5.95 Å². The fraction of sp³-hybridized carbons (Fsp3) is 0.167. The van der Waals surface area contributed by atoms with Gasteiger partial charge in [0.25, 0.3) is 0 Å². The molecular weight excluding hydrogens is 156 g/mol. The summed E-state index contributed by atoms with van der Waals surface area (Å²) in [6.45, 7) is 0. The van der Waals surface area contributed by atoms with Crippen molar-refractivity contribution in [1.29, 1.82) is 0 Å². The van der Waals surface area contributed by atoms with Gasteiger partial charge in [0.1, 0.15) is 6.33 Å². The fourth-order valence-electron chi connectivity index (χ4n) is 0.911. The highest BCUT2D eigenvalue weighted by Crippen LogP contribution is 2.01. The first kappa shape index (κ1) is 6.84. The molecule has 0 aromatic carbocycles. The van der Waals surface area contributed by atoms with Crippen LogP contribution in [0.25, 0.3) is 5.82 Å². The Bertz CT molecular complexity index is 348. The summed E-state index contributed by atoms with van der Waals surface area (Å²) in [5.41, 5.74) is 5.35. The minimum Gasteiger partial charge on any atom is -0.366 e. The second-order valence-electron chi connectivity index (χ2n) is 2.39. The highest BCUT2D eigenvalue weighted by Gasteiger charge is 2.00. The number of aromatic nitrogens is 5. The summed E-state index contributed by atoms with van der Waals surface area (Å²) in [5, 5.41) is 8.02. The number of aryl methyl sites for hydroxylation is 1. The fourth-order valence-corrected chi connectivity index (χ4v) is 0.911. The van der Waals surface area contributed by atoms with Crippen molar-refractivity contribution >= 4 is 5.95 Å². The molecule has 2 rings (SSSR count). The molecule has 0 fully saturated rings. The molecule has 0 radical (unpaired) electrons. The molecule has 2 aromatic heterocycles. The van der Waals surface area contributed by atoms with Gasteiger partial charge in [-0.15, -0.1) is 5.10 Å². The summed E-state index contributed by atoms with van der Waals surface area (Å²) >= 11 is 0. The van der Waals surface area contributed by atoms with E-state index in [-0.39, 0.29) is 5.95 Å². The molecular formula is C6H8N6. The first-order chi connectivity index (χ1) is 5.75. The van der Waals surface area contributed by atoms with E-state index in [9.17, 15) is 0 Å². The standard InChI is InChI=1S/C6H8N6/c1-11-3-2-5(9-11)12-4-8-6(7)10-12/h2-4H,1H3,(H2,7,10). The van der Waals surface area contributed by atoms with Crippen LogP contribution in [0.3, 0.4) is 0 Å². The summed E-state index contributed by atoms with van der Waals surface area (Å²) in [7, 11) is 1.84. The Morgan fingerprint density at radius 1 is 1.42 bits per heavy atom. The number of nitrogens with zero attached hydrogens (tertiary/aromatic N) is 5. The van der Waals surface area contributed by atoms with E-state index >= 15 is 0 Å². The molecule has 2 aromatic rings. The largest absolute Gasteiger partial charge is 0.366 e. The van der Waals surface area contributed by atoms with Crippen LogP contribution >= 0.6 is 0 Å². The molecule has 0 saturated carbocycles. The lowest BCUT2D eigenvalue weighted by molar-refractivity contribution is 0.732. The highest BCUT2D eigenvalue weighted by atomic mass is 15.4. The Morgan fingerprint density at radius 2 is 2.25 bits per heavy atom. The maximum absolute atomic E-state index is 5.35. The molecule has 0 spiro atoms. The number of nitrogen functional groups attached to an aromatic ring is 1. The summed E-state index contributed by atoms with van der Waals surface area (Å²) in [5.74, 6) is 0.961. The molecule has 12 heavy (non-hydrogen) atoms. The zero-order chi connectivity index (χ0) is 8.55. The molecule has 0 unspecified atom stereocenters. The molecule has 62 valence electrons. The van der Waals surface area contributed by atoms with E-state index in [4.69, 9.17) is 5.73 Å². The zero-order valence-corrected chi connectivity index (χ0v) is 6.55. The van der Waals surface area contributed by atoms with Crippen LogP contribution in [0.1, 0.15) is 0 Å². The normalized spacial score (nSPS) is 10.4. The first-order valence-corrected chi connectivity index (χ1v) is 3.43. The van der Waals surface area contributed by atoms with Gasteiger partial charge in [-0.25, -0.2) is 4.98 Å². The maximum Gasteiger partial charge on any atom is 0.239 e. The lowest BCUT2D eigenvalue weighted by Crippen LogP contribution is -1.98. The van der Waals surface area contributed by atoms with Crippen LogP contribution in [0.5, 0.6) is 0 Å². The second kappa shape index (κ2) is 2.33. The van der Waals surface area contributed by atoms with Crippen molar-refractivity contribution in [2.24, 2.45) is 7.05 Å². The van der Waals surface area contributed by atoms with Crippen molar-refractivity contribution < 1.29 is 0 Å². The summed E-state index contributed by atoms with van der Waals surface area (Å²) in [6, 6.07) is 1.83. The number of anilines is 1. The molecule has 2 N–H and O–H groups in total. The first-order valence-electron chi connectivity index (χ1n) is 3.43. The quantitative estimate of drug-likeness (QED) is 0.621. The van der Waals surface area contributed by atoms with E-state index < -0.39 is 0 Å². The number of rotatable bonds is 1. The average Bonchev–Trinajstić information content (AvgIpc) is 2.58. The summed E-state index contributed by atoms with van der Waals surface area (Å²) in [6.07, 6.45) is 3.35. The summed E-state index contributed by atoms with van der Waals surface area (Å²) < 4.78 is 3.21. The minimum atomic E-state index is 0.251.